The number of aromatic nitrogens is 2. The van der Waals surface area contributed by atoms with E-state index in [0.29, 0.717) is 18.7 Å². The summed E-state index contributed by atoms with van der Waals surface area (Å²) in [5.74, 6) is 1.69. The molecule has 0 fully saturated rings. The smallest absolute Gasteiger partial charge is 0.191 e. The van der Waals surface area contributed by atoms with Crippen LogP contribution in [0.5, 0.6) is 11.5 Å². The normalized spacial score (nSPS) is 10.9. The van der Waals surface area contributed by atoms with Crippen LogP contribution in [0.25, 0.3) is 0 Å². The van der Waals surface area contributed by atoms with Crippen LogP contribution in [0.3, 0.4) is 0 Å². The van der Waals surface area contributed by atoms with Gasteiger partial charge in [-0.2, -0.15) is 5.10 Å². The van der Waals surface area contributed by atoms with Crippen molar-refractivity contribution in [3.05, 3.63) is 42.2 Å². The summed E-state index contributed by atoms with van der Waals surface area (Å²) in [5, 5.41) is 20.7. The van der Waals surface area contributed by atoms with E-state index in [1.165, 1.54) is 0 Å². The van der Waals surface area contributed by atoms with Crippen molar-refractivity contribution >= 4 is 29.9 Å². The van der Waals surface area contributed by atoms with Gasteiger partial charge in [-0.3, -0.25) is 9.67 Å². The molecule has 0 aliphatic rings. The zero-order valence-electron chi connectivity index (χ0n) is 15.3. The molecule has 0 aliphatic carbocycles. The van der Waals surface area contributed by atoms with Crippen LogP contribution in [0.4, 0.5) is 0 Å². The number of aromatic hydroxyl groups is 1. The first-order chi connectivity index (χ1) is 12.2. The molecular formula is C18H28IN5O2. The van der Waals surface area contributed by atoms with Crippen LogP contribution in [-0.2, 0) is 13.0 Å². The monoisotopic (exact) mass is 473 g/mol. The first-order valence-electron chi connectivity index (χ1n) is 8.58. The number of halogens is 1. The third-order valence-corrected chi connectivity index (χ3v) is 3.70. The Kier molecular flexibility index (Phi) is 10.5. The number of aliphatic imine (C=N–C) groups is 1. The van der Waals surface area contributed by atoms with Crippen LogP contribution in [-0.4, -0.2) is 47.6 Å². The molecule has 0 saturated carbocycles. The van der Waals surface area contributed by atoms with Crippen molar-refractivity contribution in [1.29, 1.82) is 0 Å². The highest BCUT2D eigenvalue weighted by atomic mass is 127. The minimum absolute atomic E-state index is 0. The number of hydrogen-bond acceptors (Lipinski definition) is 4. The van der Waals surface area contributed by atoms with E-state index in [2.05, 4.69) is 20.7 Å². The van der Waals surface area contributed by atoms with Gasteiger partial charge in [0, 0.05) is 44.6 Å². The molecule has 26 heavy (non-hydrogen) atoms. The van der Waals surface area contributed by atoms with E-state index in [9.17, 15) is 5.11 Å². The number of ether oxygens (including phenoxy) is 1. The van der Waals surface area contributed by atoms with Crippen molar-refractivity contribution in [2.45, 2.75) is 26.3 Å². The van der Waals surface area contributed by atoms with Crippen LogP contribution in [0.15, 0.2) is 41.7 Å². The molecule has 1 aromatic heterocycles. The quantitative estimate of drug-likeness (QED) is 0.226. The maximum Gasteiger partial charge on any atom is 0.191 e. The second kappa shape index (κ2) is 12.4. The lowest BCUT2D eigenvalue weighted by Crippen LogP contribution is -2.38. The molecule has 0 aliphatic heterocycles. The summed E-state index contributed by atoms with van der Waals surface area (Å²) in [5.41, 5.74) is 0.878. The highest BCUT2D eigenvalue weighted by Gasteiger charge is 2.04. The zero-order valence-corrected chi connectivity index (χ0v) is 17.6. The summed E-state index contributed by atoms with van der Waals surface area (Å²) < 4.78 is 7.00. The predicted octanol–water partition coefficient (Wildman–Crippen LogP) is 2.40. The van der Waals surface area contributed by atoms with E-state index in [-0.39, 0.29) is 29.7 Å². The van der Waals surface area contributed by atoms with Gasteiger partial charge in [-0.1, -0.05) is 6.07 Å². The molecule has 8 heteroatoms. The van der Waals surface area contributed by atoms with Gasteiger partial charge in [-0.25, -0.2) is 0 Å². The standard InChI is InChI=1S/C18H27N5O2.HI/c1-3-19-18(20-9-4-12-23-13-5-10-22-23)21-11-8-15-6-7-16(25-2)14-17(15)24;/h5-7,10,13-14,24H,3-4,8-9,11-12H2,1-2H3,(H2,19,20,21);1H. The molecule has 0 radical (unpaired) electrons. The number of aryl methyl sites for hydroxylation is 1. The first kappa shape index (κ1) is 22.1. The van der Waals surface area contributed by atoms with Gasteiger partial charge in [0.15, 0.2) is 5.96 Å². The molecule has 0 spiro atoms. The fourth-order valence-corrected chi connectivity index (χ4v) is 2.40. The fraction of sp³-hybridized carbons (Fsp3) is 0.444. The number of benzene rings is 1. The second-order valence-electron chi connectivity index (χ2n) is 5.55. The molecule has 144 valence electrons. The summed E-state index contributed by atoms with van der Waals surface area (Å²) in [6.45, 7) is 5.11. The van der Waals surface area contributed by atoms with Crippen LogP contribution in [0.1, 0.15) is 18.9 Å². The fourth-order valence-electron chi connectivity index (χ4n) is 2.40. The van der Waals surface area contributed by atoms with Gasteiger partial charge in [0.05, 0.1) is 7.11 Å². The number of hydrogen-bond donors (Lipinski definition) is 3. The van der Waals surface area contributed by atoms with Crippen LogP contribution < -0.4 is 15.4 Å². The Hall–Kier alpha value is -1.97. The number of guanidine groups is 1. The molecule has 2 rings (SSSR count). The molecule has 1 heterocycles. The third-order valence-electron chi connectivity index (χ3n) is 3.70. The van der Waals surface area contributed by atoms with Crippen molar-refractivity contribution < 1.29 is 9.84 Å². The number of nitrogens with zero attached hydrogens (tertiary/aromatic N) is 3. The lowest BCUT2D eigenvalue weighted by molar-refractivity contribution is 0.406. The van der Waals surface area contributed by atoms with Gasteiger partial charge >= 0.3 is 0 Å². The van der Waals surface area contributed by atoms with E-state index < -0.39 is 0 Å². The van der Waals surface area contributed by atoms with E-state index in [1.54, 1.807) is 19.4 Å². The Morgan fingerprint density at radius 2 is 2.19 bits per heavy atom. The molecule has 0 bridgehead atoms. The van der Waals surface area contributed by atoms with E-state index in [1.807, 2.05) is 36.0 Å². The summed E-state index contributed by atoms with van der Waals surface area (Å²) in [6, 6.07) is 7.28. The summed E-state index contributed by atoms with van der Waals surface area (Å²) >= 11 is 0. The summed E-state index contributed by atoms with van der Waals surface area (Å²) in [6.07, 6.45) is 5.36. The Bertz CT molecular complexity index is 662. The van der Waals surface area contributed by atoms with E-state index in [0.717, 1.165) is 37.6 Å². The third kappa shape index (κ3) is 7.51. The largest absolute Gasteiger partial charge is 0.508 e. The Balaban J connectivity index is 0.00000338. The highest BCUT2D eigenvalue weighted by molar-refractivity contribution is 14.0. The second-order valence-corrected chi connectivity index (χ2v) is 5.55. The molecular weight excluding hydrogens is 445 g/mol. The number of rotatable bonds is 9. The molecule has 0 amide bonds. The van der Waals surface area contributed by atoms with E-state index in [4.69, 9.17) is 4.74 Å². The summed E-state index contributed by atoms with van der Waals surface area (Å²) in [4.78, 5) is 4.56. The van der Waals surface area contributed by atoms with Gasteiger partial charge in [-0.05, 0) is 37.5 Å². The maximum absolute atomic E-state index is 9.99. The van der Waals surface area contributed by atoms with Crippen molar-refractivity contribution in [3.8, 4) is 11.5 Å². The minimum atomic E-state index is 0. The van der Waals surface area contributed by atoms with Crippen molar-refractivity contribution in [2.75, 3.05) is 26.7 Å². The Morgan fingerprint density at radius 3 is 2.85 bits per heavy atom. The van der Waals surface area contributed by atoms with Gasteiger partial charge < -0.3 is 20.5 Å². The van der Waals surface area contributed by atoms with Gasteiger partial charge in [0.25, 0.3) is 0 Å². The number of phenols is 1. The molecule has 3 N–H and O–H groups in total. The van der Waals surface area contributed by atoms with Crippen molar-refractivity contribution in [2.24, 2.45) is 4.99 Å². The Labute approximate surface area is 171 Å². The van der Waals surface area contributed by atoms with Crippen LogP contribution in [0.2, 0.25) is 0 Å². The van der Waals surface area contributed by atoms with Crippen molar-refractivity contribution in [3.63, 3.8) is 0 Å². The first-order valence-corrected chi connectivity index (χ1v) is 8.58. The number of nitrogens with one attached hydrogen (secondary N) is 2. The van der Waals surface area contributed by atoms with Gasteiger partial charge in [-0.15, -0.1) is 24.0 Å². The number of methoxy groups -OCH3 is 1. The van der Waals surface area contributed by atoms with Crippen LogP contribution >= 0.6 is 24.0 Å². The number of phenolic OH excluding ortho intramolecular Hbond substituents is 1. The molecule has 0 atom stereocenters. The molecule has 2 aromatic rings. The molecule has 0 saturated heterocycles. The zero-order chi connectivity index (χ0) is 17.9. The molecule has 7 nitrogen and oxygen atoms in total. The minimum Gasteiger partial charge on any atom is -0.508 e. The highest BCUT2D eigenvalue weighted by Crippen LogP contribution is 2.23. The van der Waals surface area contributed by atoms with Crippen LogP contribution in [0, 0.1) is 0 Å². The lowest BCUT2D eigenvalue weighted by atomic mass is 10.1. The van der Waals surface area contributed by atoms with Gasteiger partial charge in [0.2, 0.25) is 0 Å². The maximum atomic E-state index is 9.99. The van der Waals surface area contributed by atoms with Crippen molar-refractivity contribution in [1.82, 2.24) is 20.4 Å². The van der Waals surface area contributed by atoms with Gasteiger partial charge in [0.1, 0.15) is 11.5 Å². The molecule has 1 aromatic carbocycles. The molecule has 0 unspecified atom stereocenters. The lowest BCUT2D eigenvalue weighted by Gasteiger charge is -2.12. The average molecular weight is 473 g/mol. The average Bonchev–Trinajstić information content (AvgIpc) is 3.13. The topological polar surface area (TPSA) is 83.7 Å². The SMILES string of the molecule is CCNC(=NCCCn1cccn1)NCCc1ccc(OC)cc1O.I. The van der Waals surface area contributed by atoms with E-state index >= 15 is 0 Å². The predicted molar refractivity (Wildman–Crippen MR) is 115 cm³/mol. The summed E-state index contributed by atoms with van der Waals surface area (Å²) in [7, 11) is 1.58. The Morgan fingerprint density at radius 1 is 1.35 bits per heavy atom.